The van der Waals surface area contributed by atoms with E-state index in [-0.39, 0.29) is 5.91 Å². The number of hydrogen-bond acceptors (Lipinski definition) is 5. The molecule has 1 aromatic carbocycles. The fourth-order valence-corrected chi connectivity index (χ4v) is 2.88. The summed E-state index contributed by atoms with van der Waals surface area (Å²) in [5, 5.41) is 4.71. The molecule has 6 nitrogen and oxygen atoms in total. The van der Waals surface area contributed by atoms with Gasteiger partial charge in [-0.05, 0) is 30.7 Å². The average molecular weight is 349 g/mol. The van der Waals surface area contributed by atoms with E-state index < -0.39 is 0 Å². The van der Waals surface area contributed by atoms with Crippen LogP contribution < -0.4 is 0 Å². The van der Waals surface area contributed by atoms with Crippen molar-refractivity contribution < 1.29 is 9.32 Å². The van der Waals surface area contributed by atoms with Crippen LogP contribution in [-0.4, -0.2) is 52.0 Å². The molecule has 1 aliphatic rings. The molecule has 0 N–H and O–H groups in total. The normalized spacial score (nSPS) is 15.7. The highest BCUT2D eigenvalue weighted by Gasteiger charge is 2.22. The summed E-state index contributed by atoms with van der Waals surface area (Å²) in [5.74, 6) is 1.41. The number of carbonyl (C=O) groups is 1. The van der Waals surface area contributed by atoms with Crippen molar-refractivity contribution in [2.45, 2.75) is 26.3 Å². The zero-order valence-corrected chi connectivity index (χ0v) is 14.5. The predicted octanol–water partition coefficient (Wildman–Crippen LogP) is 2.83. The van der Waals surface area contributed by atoms with Crippen LogP contribution in [0.3, 0.4) is 0 Å². The molecule has 3 rings (SSSR count). The SMILES string of the molecule is CCCC(=O)N1CCN(Cc2nc(-c3ccc(Cl)cc3)no2)CC1. The van der Waals surface area contributed by atoms with E-state index in [2.05, 4.69) is 15.0 Å². The van der Waals surface area contributed by atoms with E-state index >= 15 is 0 Å². The molecule has 7 heteroatoms. The molecule has 24 heavy (non-hydrogen) atoms. The maximum absolute atomic E-state index is 11.9. The number of hydrogen-bond donors (Lipinski definition) is 0. The average Bonchev–Trinajstić information content (AvgIpc) is 3.05. The van der Waals surface area contributed by atoms with Crippen molar-refractivity contribution in [3.63, 3.8) is 0 Å². The molecule has 2 aromatic rings. The van der Waals surface area contributed by atoms with Crippen molar-refractivity contribution in [3.8, 4) is 11.4 Å². The molecule has 0 atom stereocenters. The summed E-state index contributed by atoms with van der Waals surface area (Å²) < 4.78 is 5.35. The van der Waals surface area contributed by atoms with Gasteiger partial charge in [-0.25, -0.2) is 0 Å². The Morgan fingerprint density at radius 2 is 1.92 bits per heavy atom. The van der Waals surface area contributed by atoms with E-state index in [1.165, 1.54) is 0 Å². The Labute approximate surface area is 146 Å². The Hall–Kier alpha value is -1.92. The highest BCUT2D eigenvalue weighted by Crippen LogP contribution is 2.19. The molecule has 0 saturated carbocycles. The first-order valence-corrected chi connectivity index (χ1v) is 8.62. The maximum Gasteiger partial charge on any atom is 0.241 e. The number of benzene rings is 1. The van der Waals surface area contributed by atoms with Crippen LogP contribution in [0.25, 0.3) is 11.4 Å². The Kier molecular flexibility index (Phi) is 5.48. The van der Waals surface area contributed by atoms with E-state index in [1.54, 1.807) is 12.1 Å². The van der Waals surface area contributed by atoms with Crippen LogP contribution in [0.4, 0.5) is 0 Å². The van der Waals surface area contributed by atoms with Gasteiger partial charge in [0.1, 0.15) is 0 Å². The zero-order chi connectivity index (χ0) is 16.9. The van der Waals surface area contributed by atoms with E-state index in [1.807, 2.05) is 24.0 Å². The summed E-state index contributed by atoms with van der Waals surface area (Å²) in [6.45, 7) is 5.81. The number of aromatic nitrogens is 2. The molecule has 1 aliphatic heterocycles. The van der Waals surface area contributed by atoms with Gasteiger partial charge in [0.05, 0.1) is 6.54 Å². The maximum atomic E-state index is 11.9. The van der Waals surface area contributed by atoms with Gasteiger partial charge in [-0.1, -0.05) is 23.7 Å². The predicted molar refractivity (Wildman–Crippen MR) is 91.5 cm³/mol. The third kappa shape index (κ3) is 4.13. The van der Waals surface area contributed by atoms with Crippen LogP contribution in [0.5, 0.6) is 0 Å². The molecule has 1 saturated heterocycles. The second kappa shape index (κ2) is 7.77. The Morgan fingerprint density at radius 3 is 2.58 bits per heavy atom. The van der Waals surface area contributed by atoms with Gasteiger partial charge in [-0.3, -0.25) is 9.69 Å². The van der Waals surface area contributed by atoms with Crippen LogP contribution >= 0.6 is 11.6 Å². The summed E-state index contributed by atoms with van der Waals surface area (Å²) in [6, 6.07) is 7.35. The van der Waals surface area contributed by atoms with E-state index in [0.717, 1.165) is 38.2 Å². The van der Waals surface area contributed by atoms with Gasteiger partial charge < -0.3 is 9.42 Å². The highest BCUT2D eigenvalue weighted by atomic mass is 35.5. The minimum atomic E-state index is 0.250. The quantitative estimate of drug-likeness (QED) is 0.831. The summed E-state index contributed by atoms with van der Waals surface area (Å²) in [7, 11) is 0. The summed E-state index contributed by atoms with van der Waals surface area (Å²) in [4.78, 5) is 20.5. The van der Waals surface area contributed by atoms with Crippen molar-refractivity contribution in [2.75, 3.05) is 26.2 Å². The van der Waals surface area contributed by atoms with Gasteiger partial charge in [0.2, 0.25) is 17.6 Å². The van der Waals surface area contributed by atoms with Crippen molar-refractivity contribution >= 4 is 17.5 Å². The Morgan fingerprint density at radius 1 is 1.21 bits per heavy atom. The summed E-state index contributed by atoms with van der Waals surface area (Å²) >= 11 is 5.89. The molecule has 0 bridgehead atoms. The van der Waals surface area contributed by atoms with Crippen molar-refractivity contribution in [3.05, 3.63) is 35.2 Å². The lowest BCUT2D eigenvalue weighted by Gasteiger charge is -2.33. The lowest BCUT2D eigenvalue weighted by atomic mass is 10.2. The number of halogens is 1. The van der Waals surface area contributed by atoms with Gasteiger partial charge in [-0.2, -0.15) is 4.98 Å². The first-order chi connectivity index (χ1) is 11.7. The van der Waals surface area contributed by atoms with E-state index in [9.17, 15) is 4.79 Å². The minimum Gasteiger partial charge on any atom is -0.340 e. The van der Waals surface area contributed by atoms with Crippen molar-refractivity contribution in [2.24, 2.45) is 0 Å². The Balaban J connectivity index is 1.54. The van der Waals surface area contributed by atoms with Crippen LogP contribution in [0, 0.1) is 0 Å². The van der Waals surface area contributed by atoms with Crippen LogP contribution in [-0.2, 0) is 11.3 Å². The first kappa shape index (κ1) is 16.9. The second-order valence-corrected chi connectivity index (χ2v) is 6.36. The van der Waals surface area contributed by atoms with Crippen LogP contribution in [0.2, 0.25) is 5.02 Å². The van der Waals surface area contributed by atoms with E-state index in [4.69, 9.17) is 16.1 Å². The van der Waals surface area contributed by atoms with Gasteiger partial charge in [0, 0.05) is 43.2 Å². The number of rotatable bonds is 5. The van der Waals surface area contributed by atoms with Crippen LogP contribution in [0.15, 0.2) is 28.8 Å². The zero-order valence-electron chi connectivity index (χ0n) is 13.7. The molecular weight excluding hydrogens is 328 g/mol. The number of amides is 1. The first-order valence-electron chi connectivity index (χ1n) is 8.24. The fourth-order valence-electron chi connectivity index (χ4n) is 2.75. The van der Waals surface area contributed by atoms with Crippen molar-refractivity contribution in [1.82, 2.24) is 19.9 Å². The molecular formula is C17H21ClN4O2. The second-order valence-electron chi connectivity index (χ2n) is 5.93. The minimum absolute atomic E-state index is 0.250. The van der Waals surface area contributed by atoms with Gasteiger partial charge in [0.25, 0.3) is 0 Å². The molecule has 0 spiro atoms. The lowest BCUT2D eigenvalue weighted by molar-refractivity contribution is -0.133. The van der Waals surface area contributed by atoms with Gasteiger partial charge in [-0.15, -0.1) is 0 Å². The Bertz CT molecular complexity index is 678. The molecule has 128 valence electrons. The fraction of sp³-hybridized carbons (Fsp3) is 0.471. The summed E-state index contributed by atoms with van der Waals surface area (Å²) in [6.07, 6.45) is 1.53. The molecule has 0 radical (unpaired) electrons. The monoisotopic (exact) mass is 348 g/mol. The van der Waals surface area contributed by atoms with Gasteiger partial charge >= 0.3 is 0 Å². The van der Waals surface area contributed by atoms with Gasteiger partial charge in [0.15, 0.2) is 0 Å². The molecule has 1 amide bonds. The smallest absolute Gasteiger partial charge is 0.241 e. The molecule has 2 heterocycles. The molecule has 0 unspecified atom stereocenters. The largest absolute Gasteiger partial charge is 0.340 e. The highest BCUT2D eigenvalue weighted by molar-refractivity contribution is 6.30. The number of piperazine rings is 1. The standard InChI is InChI=1S/C17H21ClN4O2/c1-2-3-16(23)22-10-8-21(9-11-22)12-15-19-17(20-24-15)13-4-6-14(18)7-5-13/h4-7H,2-3,8-12H2,1H3. The molecule has 1 fully saturated rings. The van der Waals surface area contributed by atoms with Crippen LogP contribution in [0.1, 0.15) is 25.7 Å². The number of carbonyl (C=O) groups excluding carboxylic acids is 1. The van der Waals surface area contributed by atoms with Crippen molar-refractivity contribution in [1.29, 1.82) is 0 Å². The third-order valence-electron chi connectivity index (χ3n) is 4.12. The molecule has 1 aromatic heterocycles. The summed E-state index contributed by atoms with van der Waals surface area (Å²) in [5.41, 5.74) is 0.879. The third-order valence-corrected chi connectivity index (χ3v) is 4.37. The lowest BCUT2D eigenvalue weighted by Crippen LogP contribution is -2.48. The molecule has 0 aliphatic carbocycles. The number of nitrogens with zero attached hydrogens (tertiary/aromatic N) is 4. The topological polar surface area (TPSA) is 62.5 Å². The van der Waals surface area contributed by atoms with E-state index in [0.29, 0.717) is 29.7 Å².